The Morgan fingerprint density at radius 1 is 1.57 bits per heavy atom. The van der Waals surface area contributed by atoms with Crippen LogP contribution in [0.25, 0.3) is 0 Å². The normalized spacial score (nSPS) is 9.71. The van der Waals surface area contributed by atoms with E-state index < -0.39 is 5.69 Å². The predicted octanol–water partition coefficient (Wildman–Crippen LogP) is 0.603. The molecular formula is C8H8BrN3O2. The van der Waals surface area contributed by atoms with E-state index in [-0.39, 0.29) is 12.1 Å². The van der Waals surface area contributed by atoms with Crippen LogP contribution in [-0.4, -0.2) is 9.55 Å². The molecule has 0 bridgehead atoms. The van der Waals surface area contributed by atoms with E-state index in [0.29, 0.717) is 17.3 Å². The highest BCUT2D eigenvalue weighted by atomic mass is 79.9. The van der Waals surface area contributed by atoms with Gasteiger partial charge in [0, 0.05) is 19.2 Å². The van der Waals surface area contributed by atoms with E-state index in [4.69, 9.17) is 5.26 Å². The fourth-order valence-electron chi connectivity index (χ4n) is 1.01. The van der Waals surface area contributed by atoms with E-state index in [1.807, 2.05) is 6.07 Å². The van der Waals surface area contributed by atoms with Crippen molar-refractivity contribution >= 4 is 15.9 Å². The molecule has 74 valence electrons. The molecule has 1 heterocycles. The molecule has 0 unspecified atom stereocenters. The number of halogens is 1. The Hall–Kier alpha value is -1.35. The van der Waals surface area contributed by atoms with Gasteiger partial charge in [-0.25, -0.2) is 4.79 Å². The second kappa shape index (κ2) is 4.77. The summed E-state index contributed by atoms with van der Waals surface area (Å²) in [7, 11) is 0. The van der Waals surface area contributed by atoms with Crippen LogP contribution in [-0.2, 0) is 6.54 Å². The van der Waals surface area contributed by atoms with Crippen LogP contribution in [0.15, 0.2) is 20.3 Å². The lowest BCUT2D eigenvalue weighted by Crippen LogP contribution is -2.35. The minimum atomic E-state index is -0.448. The summed E-state index contributed by atoms with van der Waals surface area (Å²) in [4.78, 5) is 25.0. The van der Waals surface area contributed by atoms with Crippen LogP contribution in [0.1, 0.15) is 12.8 Å². The first-order chi connectivity index (χ1) is 6.66. The summed E-state index contributed by atoms with van der Waals surface area (Å²) in [5.74, 6) is 0. The average Bonchev–Trinajstić information content (AvgIpc) is 2.18. The molecule has 14 heavy (non-hydrogen) atoms. The lowest BCUT2D eigenvalue weighted by Gasteiger charge is -2.01. The molecule has 0 saturated heterocycles. The van der Waals surface area contributed by atoms with E-state index >= 15 is 0 Å². The van der Waals surface area contributed by atoms with E-state index in [9.17, 15) is 9.59 Å². The van der Waals surface area contributed by atoms with Gasteiger partial charge in [-0.1, -0.05) is 0 Å². The number of hydrogen-bond acceptors (Lipinski definition) is 3. The van der Waals surface area contributed by atoms with Crippen molar-refractivity contribution in [1.29, 1.82) is 5.26 Å². The van der Waals surface area contributed by atoms with Crippen molar-refractivity contribution in [3.8, 4) is 6.07 Å². The van der Waals surface area contributed by atoms with E-state index in [1.54, 1.807) is 0 Å². The highest BCUT2D eigenvalue weighted by molar-refractivity contribution is 9.10. The summed E-state index contributed by atoms with van der Waals surface area (Å²) in [5, 5.41) is 8.30. The Morgan fingerprint density at radius 3 is 2.93 bits per heavy atom. The van der Waals surface area contributed by atoms with Crippen LogP contribution in [0.4, 0.5) is 0 Å². The third kappa shape index (κ3) is 2.33. The zero-order chi connectivity index (χ0) is 10.6. The van der Waals surface area contributed by atoms with Gasteiger partial charge in [0.15, 0.2) is 0 Å². The number of unbranched alkanes of at least 4 members (excludes halogenated alkanes) is 1. The topological polar surface area (TPSA) is 78.7 Å². The van der Waals surface area contributed by atoms with Crippen LogP contribution in [0.5, 0.6) is 0 Å². The first-order valence-electron chi connectivity index (χ1n) is 4.02. The SMILES string of the molecule is N#CCCCn1c(=O)[nH]cc(Br)c1=O. The maximum Gasteiger partial charge on any atom is 0.328 e. The quantitative estimate of drug-likeness (QED) is 0.806. The highest BCUT2D eigenvalue weighted by Gasteiger charge is 2.03. The van der Waals surface area contributed by atoms with Crippen molar-refractivity contribution < 1.29 is 0 Å². The smallest absolute Gasteiger partial charge is 0.313 e. The van der Waals surface area contributed by atoms with Gasteiger partial charge < -0.3 is 4.98 Å². The van der Waals surface area contributed by atoms with Crippen molar-refractivity contribution in [3.05, 3.63) is 31.5 Å². The van der Waals surface area contributed by atoms with Crippen molar-refractivity contribution in [3.63, 3.8) is 0 Å². The van der Waals surface area contributed by atoms with Gasteiger partial charge in [0.1, 0.15) is 0 Å². The summed E-state index contributed by atoms with van der Waals surface area (Å²) >= 11 is 3.02. The van der Waals surface area contributed by atoms with Gasteiger partial charge in [0.05, 0.1) is 10.5 Å². The summed E-state index contributed by atoms with van der Waals surface area (Å²) in [6.07, 6.45) is 2.14. The van der Waals surface area contributed by atoms with Crippen LogP contribution in [0.2, 0.25) is 0 Å². The Bertz CT molecular complexity index is 469. The number of nitriles is 1. The minimum absolute atomic E-state index is 0.265. The van der Waals surface area contributed by atoms with E-state index in [1.165, 1.54) is 6.20 Å². The molecule has 0 aromatic carbocycles. The summed E-state index contributed by atoms with van der Waals surface area (Å²) in [6.45, 7) is 0.265. The van der Waals surface area contributed by atoms with Crippen LogP contribution in [0.3, 0.4) is 0 Å². The minimum Gasteiger partial charge on any atom is -0.313 e. The molecule has 0 aliphatic rings. The Balaban J connectivity index is 2.97. The van der Waals surface area contributed by atoms with Crippen LogP contribution < -0.4 is 11.2 Å². The third-order valence-corrected chi connectivity index (χ3v) is 2.26. The summed E-state index contributed by atoms with van der Waals surface area (Å²) in [5.41, 5.74) is -0.817. The predicted molar refractivity (Wildman–Crippen MR) is 53.9 cm³/mol. The Kier molecular flexibility index (Phi) is 3.65. The van der Waals surface area contributed by atoms with Gasteiger partial charge in [-0.15, -0.1) is 0 Å². The average molecular weight is 258 g/mol. The van der Waals surface area contributed by atoms with Gasteiger partial charge in [-0.2, -0.15) is 5.26 Å². The molecule has 0 saturated carbocycles. The largest absolute Gasteiger partial charge is 0.328 e. The first kappa shape index (κ1) is 10.7. The maximum atomic E-state index is 11.4. The summed E-state index contributed by atoms with van der Waals surface area (Å²) in [6, 6.07) is 1.95. The van der Waals surface area contributed by atoms with Crippen molar-refractivity contribution in [2.24, 2.45) is 0 Å². The number of aromatic nitrogens is 2. The maximum absolute atomic E-state index is 11.4. The molecule has 6 heteroatoms. The standard InChI is InChI=1S/C8H8BrN3O2/c9-6-5-11-8(14)12(7(6)13)4-2-1-3-10/h5H,1-2,4H2,(H,11,14). The zero-order valence-corrected chi connectivity index (χ0v) is 8.87. The number of nitrogens with one attached hydrogen (secondary N) is 1. The van der Waals surface area contributed by atoms with Crippen molar-refractivity contribution in [2.45, 2.75) is 19.4 Å². The summed E-state index contributed by atoms with van der Waals surface area (Å²) < 4.78 is 1.38. The number of hydrogen-bond donors (Lipinski definition) is 1. The molecule has 1 N–H and O–H groups in total. The molecule has 0 fully saturated rings. The fourth-order valence-corrected chi connectivity index (χ4v) is 1.33. The van der Waals surface area contributed by atoms with Crippen molar-refractivity contribution in [1.82, 2.24) is 9.55 Å². The lowest BCUT2D eigenvalue weighted by atomic mass is 10.3. The second-order valence-electron chi connectivity index (χ2n) is 2.66. The number of aromatic amines is 1. The van der Waals surface area contributed by atoms with Gasteiger partial charge >= 0.3 is 5.69 Å². The number of nitrogens with zero attached hydrogens (tertiary/aromatic N) is 2. The Morgan fingerprint density at radius 2 is 2.29 bits per heavy atom. The Labute approximate surface area is 88.1 Å². The van der Waals surface area contributed by atoms with Crippen LogP contribution in [0, 0.1) is 11.3 Å². The first-order valence-corrected chi connectivity index (χ1v) is 4.81. The van der Waals surface area contributed by atoms with Gasteiger partial charge in [0.2, 0.25) is 0 Å². The molecular weight excluding hydrogens is 250 g/mol. The monoisotopic (exact) mass is 257 g/mol. The van der Waals surface area contributed by atoms with E-state index in [0.717, 1.165) is 4.57 Å². The zero-order valence-electron chi connectivity index (χ0n) is 7.29. The molecule has 5 nitrogen and oxygen atoms in total. The molecule has 0 amide bonds. The third-order valence-electron chi connectivity index (χ3n) is 1.69. The lowest BCUT2D eigenvalue weighted by molar-refractivity contribution is 0.595. The number of rotatable bonds is 3. The molecule has 0 atom stereocenters. The molecule has 1 rings (SSSR count). The second-order valence-corrected chi connectivity index (χ2v) is 3.51. The van der Waals surface area contributed by atoms with Crippen molar-refractivity contribution in [2.75, 3.05) is 0 Å². The number of H-pyrrole nitrogens is 1. The molecule has 0 radical (unpaired) electrons. The molecule has 0 aliphatic heterocycles. The molecule has 1 aromatic rings. The fraction of sp³-hybridized carbons (Fsp3) is 0.375. The van der Waals surface area contributed by atoms with Gasteiger partial charge in [-0.3, -0.25) is 9.36 Å². The van der Waals surface area contributed by atoms with Gasteiger partial charge in [-0.05, 0) is 22.4 Å². The molecule has 0 spiro atoms. The molecule has 1 aromatic heterocycles. The van der Waals surface area contributed by atoms with Crippen LogP contribution >= 0.6 is 15.9 Å². The highest BCUT2D eigenvalue weighted by Crippen LogP contribution is 1.97. The van der Waals surface area contributed by atoms with Gasteiger partial charge in [0.25, 0.3) is 5.56 Å². The molecule has 0 aliphatic carbocycles. The van der Waals surface area contributed by atoms with E-state index in [2.05, 4.69) is 20.9 Å².